The maximum atomic E-state index is 8.11. The van der Waals surface area contributed by atoms with Gasteiger partial charge in [-0.25, -0.2) is 4.98 Å². The molecule has 0 aliphatic heterocycles. The van der Waals surface area contributed by atoms with Crippen LogP contribution in [0.3, 0.4) is 0 Å². The van der Waals surface area contributed by atoms with Crippen LogP contribution in [0, 0.1) is 17.5 Å². The third-order valence-corrected chi connectivity index (χ3v) is 0.748. The zero-order chi connectivity index (χ0) is 5.82. The highest BCUT2D eigenvalue weighted by Crippen LogP contribution is 1.87. The standard InChI is InChI=1S/C5H4N3/c6-2-1-5-3-7-4-8-5/h4H,1H2,(H,7,8). The summed E-state index contributed by atoms with van der Waals surface area (Å²) in [6.07, 6.45) is 4.52. The molecule has 0 unspecified atom stereocenters. The zero-order valence-corrected chi connectivity index (χ0v) is 4.18. The maximum Gasteiger partial charge on any atom is 0.0928 e. The van der Waals surface area contributed by atoms with E-state index in [9.17, 15) is 0 Å². The van der Waals surface area contributed by atoms with Gasteiger partial charge in [0.25, 0.3) is 0 Å². The molecule has 3 nitrogen and oxygen atoms in total. The number of nitriles is 1. The number of hydrogen-bond acceptors (Lipinski definition) is 2. The largest absolute Gasteiger partial charge is 0.343 e. The minimum absolute atomic E-state index is 0.337. The van der Waals surface area contributed by atoms with Crippen LogP contribution in [0.15, 0.2) is 6.33 Å². The van der Waals surface area contributed by atoms with Gasteiger partial charge in [-0.05, 0) is 0 Å². The van der Waals surface area contributed by atoms with Crippen molar-refractivity contribution in [2.75, 3.05) is 0 Å². The van der Waals surface area contributed by atoms with Gasteiger partial charge in [0, 0.05) is 0 Å². The van der Waals surface area contributed by atoms with E-state index in [2.05, 4.69) is 16.2 Å². The molecule has 3 heteroatoms. The number of nitrogens with zero attached hydrogens (tertiary/aromatic N) is 2. The quantitative estimate of drug-likeness (QED) is 0.558. The van der Waals surface area contributed by atoms with E-state index in [1.54, 1.807) is 0 Å². The van der Waals surface area contributed by atoms with Gasteiger partial charge in [0.2, 0.25) is 0 Å². The summed E-state index contributed by atoms with van der Waals surface area (Å²) in [6.45, 7) is 0. The Bertz CT molecular complexity index is 182. The lowest BCUT2D eigenvalue weighted by molar-refractivity contribution is 1.15. The molecule has 1 N–H and O–H groups in total. The van der Waals surface area contributed by atoms with Gasteiger partial charge < -0.3 is 4.98 Å². The number of nitrogens with one attached hydrogen (secondary N) is 1. The second-order valence-corrected chi connectivity index (χ2v) is 1.31. The molecular weight excluding hydrogens is 102 g/mol. The molecule has 0 aliphatic carbocycles. The summed E-state index contributed by atoms with van der Waals surface area (Å²) < 4.78 is 0. The Kier molecular flexibility index (Phi) is 1.29. The van der Waals surface area contributed by atoms with Gasteiger partial charge in [-0.1, -0.05) is 0 Å². The van der Waals surface area contributed by atoms with Crippen molar-refractivity contribution in [3.05, 3.63) is 18.2 Å². The van der Waals surface area contributed by atoms with Crippen LogP contribution in [0.5, 0.6) is 0 Å². The van der Waals surface area contributed by atoms with Crippen LogP contribution in [0.1, 0.15) is 5.69 Å². The van der Waals surface area contributed by atoms with Crippen LogP contribution in [-0.4, -0.2) is 9.97 Å². The molecule has 1 heterocycles. The summed E-state index contributed by atoms with van der Waals surface area (Å²) in [5.74, 6) is 0. The molecule has 1 rings (SSSR count). The van der Waals surface area contributed by atoms with Gasteiger partial charge >= 0.3 is 0 Å². The molecule has 0 spiro atoms. The Labute approximate surface area is 47.0 Å². The lowest BCUT2D eigenvalue weighted by Gasteiger charge is -1.73. The number of aromatic amines is 1. The monoisotopic (exact) mass is 106 g/mol. The lowest BCUT2D eigenvalue weighted by atomic mass is 10.4. The molecule has 1 aromatic rings. The number of rotatable bonds is 1. The van der Waals surface area contributed by atoms with Crippen LogP contribution in [0.4, 0.5) is 0 Å². The SMILES string of the molecule is N#CCc1[c][nH]cn1. The first-order chi connectivity index (χ1) is 3.93. The van der Waals surface area contributed by atoms with Crippen molar-refractivity contribution in [1.29, 1.82) is 5.26 Å². The highest BCUT2D eigenvalue weighted by Gasteiger charge is 1.89. The molecule has 0 aromatic carbocycles. The first-order valence-electron chi connectivity index (χ1n) is 2.20. The molecule has 0 amide bonds. The Morgan fingerprint density at radius 3 is 3.38 bits per heavy atom. The number of H-pyrrole nitrogens is 1. The third-order valence-electron chi connectivity index (χ3n) is 0.748. The van der Waals surface area contributed by atoms with E-state index in [4.69, 9.17) is 5.26 Å². The van der Waals surface area contributed by atoms with Crippen molar-refractivity contribution in [2.24, 2.45) is 0 Å². The molecule has 0 fully saturated rings. The minimum Gasteiger partial charge on any atom is -0.343 e. The molecule has 0 saturated heterocycles. The van der Waals surface area contributed by atoms with Crippen LogP contribution in [-0.2, 0) is 6.42 Å². The molecule has 0 saturated carbocycles. The average Bonchev–Trinajstić information content (AvgIpc) is 2.19. The Hall–Kier alpha value is -1.30. The summed E-state index contributed by atoms with van der Waals surface area (Å²) in [5.41, 5.74) is 0.674. The Morgan fingerprint density at radius 1 is 2.00 bits per heavy atom. The topological polar surface area (TPSA) is 52.5 Å². The van der Waals surface area contributed by atoms with E-state index in [1.165, 1.54) is 6.33 Å². The highest BCUT2D eigenvalue weighted by molar-refractivity contribution is 4.99. The third kappa shape index (κ3) is 0.850. The molecule has 0 atom stereocenters. The van der Waals surface area contributed by atoms with E-state index >= 15 is 0 Å². The molecule has 0 bridgehead atoms. The van der Waals surface area contributed by atoms with Gasteiger partial charge in [0.05, 0.1) is 30.7 Å². The van der Waals surface area contributed by atoms with Crippen LogP contribution in [0.25, 0.3) is 0 Å². The summed E-state index contributed by atoms with van der Waals surface area (Å²) in [4.78, 5) is 6.40. The second kappa shape index (κ2) is 2.12. The van der Waals surface area contributed by atoms with E-state index in [-0.39, 0.29) is 0 Å². The molecule has 39 valence electrons. The minimum atomic E-state index is 0.337. The van der Waals surface area contributed by atoms with Crippen LogP contribution >= 0.6 is 0 Å². The summed E-state index contributed by atoms with van der Waals surface area (Å²) in [5, 5.41) is 8.11. The number of imidazole rings is 1. The lowest BCUT2D eigenvalue weighted by Crippen LogP contribution is -1.77. The number of aromatic nitrogens is 2. The highest BCUT2D eigenvalue weighted by atomic mass is 14.9. The molecule has 8 heavy (non-hydrogen) atoms. The smallest absolute Gasteiger partial charge is 0.0928 e. The van der Waals surface area contributed by atoms with Crippen molar-refractivity contribution >= 4 is 0 Å². The summed E-state index contributed by atoms with van der Waals surface area (Å²) in [6, 6.07) is 1.96. The fourth-order valence-corrected chi connectivity index (χ4v) is 0.423. The predicted octanol–water partition coefficient (Wildman–Crippen LogP) is 0.276. The van der Waals surface area contributed by atoms with Crippen molar-refractivity contribution in [2.45, 2.75) is 6.42 Å². The van der Waals surface area contributed by atoms with E-state index in [0.717, 1.165) is 0 Å². The first kappa shape index (κ1) is 4.85. The Morgan fingerprint density at radius 2 is 2.88 bits per heavy atom. The zero-order valence-electron chi connectivity index (χ0n) is 4.18. The fourth-order valence-electron chi connectivity index (χ4n) is 0.423. The number of hydrogen-bond donors (Lipinski definition) is 1. The summed E-state index contributed by atoms with van der Waals surface area (Å²) >= 11 is 0. The second-order valence-electron chi connectivity index (χ2n) is 1.31. The van der Waals surface area contributed by atoms with E-state index in [0.29, 0.717) is 12.1 Å². The molecular formula is C5H4N3. The summed E-state index contributed by atoms with van der Waals surface area (Å²) in [7, 11) is 0. The fraction of sp³-hybridized carbons (Fsp3) is 0.200. The normalized spacial score (nSPS) is 8.38. The van der Waals surface area contributed by atoms with E-state index in [1.807, 2.05) is 6.07 Å². The van der Waals surface area contributed by atoms with Crippen molar-refractivity contribution in [1.82, 2.24) is 9.97 Å². The van der Waals surface area contributed by atoms with Gasteiger partial charge in [-0.3, -0.25) is 0 Å². The van der Waals surface area contributed by atoms with Crippen LogP contribution < -0.4 is 0 Å². The maximum absolute atomic E-state index is 8.11. The molecule has 1 aromatic heterocycles. The van der Waals surface area contributed by atoms with Crippen molar-refractivity contribution in [3.8, 4) is 6.07 Å². The van der Waals surface area contributed by atoms with Crippen LogP contribution in [0.2, 0.25) is 0 Å². The van der Waals surface area contributed by atoms with Crippen molar-refractivity contribution < 1.29 is 0 Å². The Balaban J connectivity index is 2.67. The van der Waals surface area contributed by atoms with E-state index < -0.39 is 0 Å². The molecule has 0 aliphatic rings. The predicted molar refractivity (Wildman–Crippen MR) is 26.7 cm³/mol. The molecule has 1 radical (unpaired) electrons. The first-order valence-corrected chi connectivity index (χ1v) is 2.20. The van der Waals surface area contributed by atoms with Gasteiger partial charge in [0.15, 0.2) is 0 Å². The van der Waals surface area contributed by atoms with Crippen molar-refractivity contribution in [3.63, 3.8) is 0 Å². The van der Waals surface area contributed by atoms with Gasteiger partial charge in [-0.15, -0.1) is 0 Å². The average molecular weight is 106 g/mol. The van der Waals surface area contributed by atoms with Gasteiger partial charge in [0.1, 0.15) is 0 Å². The van der Waals surface area contributed by atoms with Gasteiger partial charge in [-0.2, -0.15) is 5.26 Å².